The van der Waals surface area contributed by atoms with E-state index in [4.69, 9.17) is 4.74 Å². The zero-order valence-electron chi connectivity index (χ0n) is 18.8. The smallest absolute Gasteiger partial charge is 0.260 e. The number of likely N-dealkylation sites (tertiary alicyclic amines) is 1. The highest BCUT2D eigenvalue weighted by atomic mass is 19.1. The molecule has 0 bridgehead atoms. The van der Waals surface area contributed by atoms with E-state index < -0.39 is 5.82 Å². The molecule has 1 unspecified atom stereocenters. The largest absolute Gasteiger partial charge is 0.483 e. The van der Waals surface area contributed by atoms with Crippen molar-refractivity contribution in [3.63, 3.8) is 0 Å². The Morgan fingerprint density at radius 1 is 1.06 bits per heavy atom. The van der Waals surface area contributed by atoms with Crippen LogP contribution in [0.5, 0.6) is 5.75 Å². The SMILES string of the molecule is CCC(NC(=O)CNC(=O)Cc1cccc(F)c1)c1ccccc1OCC(=O)N1CCCC1. The minimum absolute atomic E-state index is 0.00995. The van der Waals surface area contributed by atoms with Crippen molar-refractivity contribution in [1.29, 1.82) is 0 Å². The van der Waals surface area contributed by atoms with Gasteiger partial charge in [0.05, 0.1) is 19.0 Å². The molecule has 1 saturated heterocycles. The summed E-state index contributed by atoms with van der Waals surface area (Å²) in [6, 6.07) is 12.8. The number of nitrogens with one attached hydrogen (secondary N) is 2. The summed E-state index contributed by atoms with van der Waals surface area (Å²) in [5.74, 6) is -0.620. The Kier molecular flexibility index (Phi) is 8.80. The fourth-order valence-electron chi connectivity index (χ4n) is 3.82. The van der Waals surface area contributed by atoms with Crippen LogP contribution in [0.2, 0.25) is 0 Å². The predicted octanol–water partition coefficient (Wildman–Crippen LogP) is 2.75. The lowest BCUT2D eigenvalue weighted by molar-refractivity contribution is -0.132. The normalized spacial score (nSPS) is 13.9. The number of carbonyl (C=O) groups is 3. The van der Waals surface area contributed by atoms with Crippen molar-refractivity contribution in [3.05, 3.63) is 65.5 Å². The Hall–Kier alpha value is -3.42. The second-order valence-electron chi connectivity index (χ2n) is 8.03. The van der Waals surface area contributed by atoms with Gasteiger partial charge in [-0.3, -0.25) is 14.4 Å². The molecule has 1 aliphatic rings. The van der Waals surface area contributed by atoms with Crippen molar-refractivity contribution in [2.24, 2.45) is 0 Å². The lowest BCUT2D eigenvalue weighted by Crippen LogP contribution is -2.39. The van der Waals surface area contributed by atoms with Gasteiger partial charge < -0.3 is 20.3 Å². The van der Waals surface area contributed by atoms with E-state index in [-0.39, 0.29) is 43.3 Å². The first-order chi connectivity index (χ1) is 16.0. The maximum atomic E-state index is 13.3. The molecule has 7 nitrogen and oxygen atoms in total. The number of hydrogen-bond acceptors (Lipinski definition) is 4. The first-order valence-corrected chi connectivity index (χ1v) is 11.3. The molecule has 1 atom stereocenters. The van der Waals surface area contributed by atoms with Crippen LogP contribution < -0.4 is 15.4 Å². The molecule has 2 aromatic rings. The number of rotatable bonds is 10. The summed E-state index contributed by atoms with van der Waals surface area (Å²) in [5.41, 5.74) is 1.31. The maximum absolute atomic E-state index is 13.3. The van der Waals surface area contributed by atoms with Gasteiger partial charge >= 0.3 is 0 Å². The van der Waals surface area contributed by atoms with E-state index >= 15 is 0 Å². The molecule has 0 saturated carbocycles. The summed E-state index contributed by atoms with van der Waals surface area (Å²) in [6.45, 7) is 3.23. The molecule has 1 fully saturated rings. The van der Waals surface area contributed by atoms with Crippen LogP contribution in [0.4, 0.5) is 4.39 Å². The predicted molar refractivity (Wildman–Crippen MR) is 122 cm³/mol. The van der Waals surface area contributed by atoms with Gasteiger partial charge in [0.1, 0.15) is 11.6 Å². The van der Waals surface area contributed by atoms with Crippen LogP contribution in [-0.4, -0.2) is 48.9 Å². The van der Waals surface area contributed by atoms with Crippen LogP contribution in [-0.2, 0) is 20.8 Å². The van der Waals surface area contributed by atoms with Crippen LogP contribution in [0.3, 0.4) is 0 Å². The Morgan fingerprint density at radius 3 is 2.55 bits per heavy atom. The molecule has 2 aromatic carbocycles. The molecule has 33 heavy (non-hydrogen) atoms. The number of amides is 3. The average Bonchev–Trinajstić information content (AvgIpc) is 3.35. The maximum Gasteiger partial charge on any atom is 0.260 e. The van der Waals surface area contributed by atoms with Crippen LogP contribution in [0.1, 0.15) is 43.4 Å². The zero-order valence-corrected chi connectivity index (χ0v) is 18.8. The summed E-state index contributed by atoms with van der Waals surface area (Å²) in [7, 11) is 0. The number of halogens is 1. The van der Waals surface area contributed by atoms with E-state index in [0.717, 1.165) is 31.5 Å². The van der Waals surface area contributed by atoms with E-state index in [0.29, 0.717) is 17.7 Å². The van der Waals surface area contributed by atoms with Gasteiger partial charge in [0.25, 0.3) is 5.91 Å². The highest BCUT2D eigenvalue weighted by Crippen LogP contribution is 2.27. The van der Waals surface area contributed by atoms with Crippen LogP contribution in [0.25, 0.3) is 0 Å². The molecule has 0 spiro atoms. The Bertz CT molecular complexity index is 976. The van der Waals surface area contributed by atoms with Gasteiger partial charge in [0, 0.05) is 18.7 Å². The summed E-state index contributed by atoms with van der Waals surface area (Å²) >= 11 is 0. The van der Waals surface area contributed by atoms with E-state index in [1.54, 1.807) is 17.0 Å². The molecule has 1 aliphatic heterocycles. The van der Waals surface area contributed by atoms with E-state index in [1.165, 1.54) is 18.2 Å². The molecular weight excluding hydrogens is 425 g/mol. The molecule has 0 aliphatic carbocycles. The first kappa shape index (κ1) is 24.2. The minimum atomic E-state index is -0.410. The molecule has 8 heteroatoms. The first-order valence-electron chi connectivity index (χ1n) is 11.3. The zero-order chi connectivity index (χ0) is 23.6. The van der Waals surface area contributed by atoms with Crippen molar-refractivity contribution in [2.75, 3.05) is 26.2 Å². The van der Waals surface area contributed by atoms with E-state index in [2.05, 4.69) is 10.6 Å². The van der Waals surface area contributed by atoms with E-state index in [1.807, 2.05) is 25.1 Å². The average molecular weight is 456 g/mol. The molecular formula is C25H30FN3O4. The molecule has 3 amide bonds. The van der Waals surface area contributed by atoms with Gasteiger partial charge in [0.15, 0.2) is 6.61 Å². The van der Waals surface area contributed by atoms with Crippen molar-refractivity contribution < 1.29 is 23.5 Å². The summed E-state index contributed by atoms with van der Waals surface area (Å²) in [5, 5.41) is 5.47. The number of para-hydroxylation sites is 1. The molecule has 1 heterocycles. The van der Waals surface area contributed by atoms with Gasteiger partial charge in [0.2, 0.25) is 11.8 Å². The van der Waals surface area contributed by atoms with Gasteiger partial charge in [-0.05, 0) is 43.0 Å². The molecule has 3 rings (SSSR count). The fourth-order valence-corrected chi connectivity index (χ4v) is 3.82. The van der Waals surface area contributed by atoms with Crippen LogP contribution in [0.15, 0.2) is 48.5 Å². The number of nitrogens with zero attached hydrogens (tertiary/aromatic N) is 1. The Labute approximate surface area is 193 Å². The lowest BCUT2D eigenvalue weighted by atomic mass is 10.0. The Balaban J connectivity index is 1.52. The highest BCUT2D eigenvalue weighted by molar-refractivity contribution is 5.86. The quantitative estimate of drug-likeness (QED) is 0.577. The van der Waals surface area contributed by atoms with Gasteiger partial charge in [-0.2, -0.15) is 0 Å². The van der Waals surface area contributed by atoms with Crippen molar-refractivity contribution in [2.45, 2.75) is 38.6 Å². The topological polar surface area (TPSA) is 87.7 Å². The molecule has 0 radical (unpaired) electrons. The van der Waals surface area contributed by atoms with Crippen molar-refractivity contribution in [1.82, 2.24) is 15.5 Å². The number of hydrogen-bond donors (Lipinski definition) is 2. The van der Waals surface area contributed by atoms with Gasteiger partial charge in [-0.1, -0.05) is 37.3 Å². The second-order valence-corrected chi connectivity index (χ2v) is 8.03. The summed E-state index contributed by atoms with van der Waals surface area (Å²) < 4.78 is 19.1. The van der Waals surface area contributed by atoms with Crippen LogP contribution in [0, 0.1) is 5.82 Å². The summed E-state index contributed by atoms with van der Waals surface area (Å²) in [4.78, 5) is 38.7. The second kappa shape index (κ2) is 12.0. The van der Waals surface area contributed by atoms with Crippen molar-refractivity contribution in [3.8, 4) is 5.75 Å². The minimum Gasteiger partial charge on any atom is -0.483 e. The Morgan fingerprint density at radius 2 is 1.82 bits per heavy atom. The summed E-state index contributed by atoms with van der Waals surface area (Å²) in [6.07, 6.45) is 2.63. The molecule has 2 N–H and O–H groups in total. The third-order valence-electron chi connectivity index (χ3n) is 5.55. The monoisotopic (exact) mass is 455 g/mol. The van der Waals surface area contributed by atoms with Crippen LogP contribution >= 0.6 is 0 Å². The van der Waals surface area contributed by atoms with Crippen molar-refractivity contribution >= 4 is 17.7 Å². The van der Waals surface area contributed by atoms with Gasteiger partial charge in [-0.25, -0.2) is 4.39 Å². The third-order valence-corrected chi connectivity index (χ3v) is 5.55. The molecule has 0 aromatic heterocycles. The highest BCUT2D eigenvalue weighted by Gasteiger charge is 2.21. The number of carbonyl (C=O) groups excluding carboxylic acids is 3. The van der Waals surface area contributed by atoms with Gasteiger partial charge in [-0.15, -0.1) is 0 Å². The third kappa shape index (κ3) is 7.30. The van der Waals surface area contributed by atoms with E-state index in [9.17, 15) is 18.8 Å². The fraction of sp³-hybridized carbons (Fsp3) is 0.400. The molecule has 176 valence electrons. The number of benzene rings is 2. The number of ether oxygens (including phenoxy) is 1. The lowest BCUT2D eigenvalue weighted by Gasteiger charge is -2.22. The standard InChI is InChI=1S/C25H30FN3O4/c1-2-21(28-24(31)16-27-23(30)15-18-8-7-9-19(26)14-18)20-10-3-4-11-22(20)33-17-25(32)29-12-5-6-13-29/h3-4,7-11,14,21H,2,5-6,12-13,15-17H2,1H3,(H,27,30)(H,28,31).